The van der Waals surface area contributed by atoms with Crippen molar-refractivity contribution in [2.24, 2.45) is 10.8 Å². The first kappa shape index (κ1) is 15.3. The zero-order valence-electron chi connectivity index (χ0n) is 14.0. The summed E-state index contributed by atoms with van der Waals surface area (Å²) in [6, 6.07) is 7.71. The van der Waals surface area contributed by atoms with Crippen LogP contribution in [0, 0.1) is 10.8 Å². The molecule has 1 aromatic rings. The van der Waals surface area contributed by atoms with Crippen LogP contribution in [0.15, 0.2) is 24.3 Å². The van der Waals surface area contributed by atoms with Crippen molar-refractivity contribution in [2.75, 3.05) is 39.6 Å². The topological polar surface area (TPSA) is 55.4 Å². The first-order chi connectivity index (χ1) is 11.5. The van der Waals surface area contributed by atoms with E-state index in [2.05, 4.69) is 13.8 Å². The molecule has 0 aliphatic carbocycles. The summed E-state index contributed by atoms with van der Waals surface area (Å²) >= 11 is 0. The number of fused-ring (bicyclic) bond motifs is 6. The number of rotatable bonds is 2. The minimum absolute atomic E-state index is 0.0486. The number of benzene rings is 1. The predicted molar refractivity (Wildman–Crippen MR) is 81.7 cm³/mol. The second kappa shape index (κ2) is 4.78. The lowest BCUT2D eigenvalue weighted by molar-refractivity contribution is -0.479. The number of ether oxygens (including phenoxy) is 6. The van der Waals surface area contributed by atoms with Gasteiger partial charge in [-0.15, -0.1) is 0 Å². The van der Waals surface area contributed by atoms with Crippen molar-refractivity contribution in [3.63, 3.8) is 0 Å². The first-order valence-electron chi connectivity index (χ1n) is 8.40. The molecule has 0 saturated carbocycles. The van der Waals surface area contributed by atoms with Gasteiger partial charge in [-0.05, 0) is 0 Å². The van der Waals surface area contributed by atoms with Crippen molar-refractivity contribution < 1.29 is 28.4 Å². The monoisotopic (exact) mass is 334 g/mol. The molecule has 0 N–H and O–H groups in total. The van der Waals surface area contributed by atoms with Crippen molar-refractivity contribution in [2.45, 2.75) is 25.8 Å². The van der Waals surface area contributed by atoms with Crippen LogP contribution in [-0.4, -0.2) is 39.6 Å². The minimum Gasteiger partial charge on any atom is -0.323 e. The Kier molecular flexibility index (Phi) is 3.04. The Morgan fingerprint density at radius 1 is 0.542 bits per heavy atom. The van der Waals surface area contributed by atoms with Crippen molar-refractivity contribution in [3.05, 3.63) is 35.4 Å². The highest BCUT2D eigenvalue weighted by Crippen LogP contribution is 2.46. The zero-order valence-corrected chi connectivity index (χ0v) is 14.0. The van der Waals surface area contributed by atoms with E-state index in [1.165, 1.54) is 0 Å². The van der Waals surface area contributed by atoms with Gasteiger partial charge in [-0.2, -0.15) is 0 Å². The average Bonchev–Trinajstić information content (AvgIpc) is 2.64. The fourth-order valence-electron chi connectivity index (χ4n) is 3.49. The normalized spacial score (nSPS) is 47.1. The van der Waals surface area contributed by atoms with E-state index in [0.29, 0.717) is 39.6 Å². The van der Waals surface area contributed by atoms with E-state index in [1.807, 2.05) is 24.3 Å². The van der Waals surface area contributed by atoms with Crippen LogP contribution in [0.4, 0.5) is 0 Å². The Labute approximate surface area is 140 Å². The smallest absolute Gasteiger partial charge is 0.312 e. The molecule has 1 aromatic carbocycles. The lowest BCUT2D eigenvalue weighted by atomic mass is 9.90. The first-order valence-corrected chi connectivity index (χ1v) is 8.40. The van der Waals surface area contributed by atoms with Crippen LogP contribution in [-0.2, 0) is 40.4 Å². The summed E-state index contributed by atoms with van der Waals surface area (Å²) in [5.41, 5.74) is 1.57. The summed E-state index contributed by atoms with van der Waals surface area (Å²) in [5, 5.41) is 0. The molecule has 24 heavy (non-hydrogen) atoms. The molecule has 6 fully saturated rings. The molecule has 6 aliphatic heterocycles. The quantitative estimate of drug-likeness (QED) is 0.825. The molecule has 4 bridgehead atoms. The fourth-order valence-corrected chi connectivity index (χ4v) is 3.49. The molecule has 0 spiro atoms. The maximum Gasteiger partial charge on any atom is 0.312 e. The van der Waals surface area contributed by atoms with Gasteiger partial charge >= 0.3 is 11.9 Å². The minimum atomic E-state index is -1.09. The van der Waals surface area contributed by atoms with E-state index >= 15 is 0 Å². The van der Waals surface area contributed by atoms with E-state index in [-0.39, 0.29) is 10.8 Å². The SMILES string of the molecule is CC12COC(c3ccc(C45OCC(C)(CO4)CO5)cc3)(OC1)OC2. The maximum absolute atomic E-state index is 5.87. The highest BCUT2D eigenvalue weighted by atomic mass is 16.9. The average molecular weight is 334 g/mol. The van der Waals surface area contributed by atoms with Gasteiger partial charge in [0.1, 0.15) is 0 Å². The van der Waals surface area contributed by atoms with E-state index in [0.717, 1.165) is 11.1 Å². The van der Waals surface area contributed by atoms with Crippen molar-refractivity contribution in [3.8, 4) is 0 Å². The van der Waals surface area contributed by atoms with Gasteiger partial charge in [-0.3, -0.25) is 0 Å². The van der Waals surface area contributed by atoms with Crippen molar-refractivity contribution >= 4 is 0 Å². The van der Waals surface area contributed by atoms with Crippen molar-refractivity contribution in [1.29, 1.82) is 0 Å². The van der Waals surface area contributed by atoms with Gasteiger partial charge < -0.3 is 28.4 Å². The van der Waals surface area contributed by atoms with Crippen LogP contribution >= 0.6 is 0 Å². The Morgan fingerprint density at radius 3 is 1.04 bits per heavy atom. The molecule has 6 aliphatic rings. The van der Waals surface area contributed by atoms with Crippen molar-refractivity contribution in [1.82, 2.24) is 0 Å². The summed E-state index contributed by atoms with van der Waals surface area (Å²) in [4.78, 5) is 0. The molecule has 0 unspecified atom stereocenters. The van der Waals surface area contributed by atoms with E-state index in [4.69, 9.17) is 28.4 Å². The van der Waals surface area contributed by atoms with Crippen LogP contribution in [0.2, 0.25) is 0 Å². The summed E-state index contributed by atoms with van der Waals surface area (Å²) in [6.45, 7) is 7.99. The molecule has 6 heterocycles. The van der Waals surface area contributed by atoms with Crippen LogP contribution in [0.3, 0.4) is 0 Å². The third-order valence-electron chi connectivity index (χ3n) is 5.26. The van der Waals surface area contributed by atoms with E-state index in [9.17, 15) is 0 Å². The summed E-state index contributed by atoms with van der Waals surface area (Å²) in [7, 11) is 0. The number of hydrogen-bond acceptors (Lipinski definition) is 6. The molecule has 6 saturated heterocycles. The Hall–Kier alpha value is -1.02. The molecule has 0 aromatic heterocycles. The van der Waals surface area contributed by atoms with Crippen LogP contribution < -0.4 is 0 Å². The molecular formula is C18H22O6. The molecule has 7 rings (SSSR count). The Morgan fingerprint density at radius 2 is 0.792 bits per heavy atom. The largest absolute Gasteiger partial charge is 0.323 e. The van der Waals surface area contributed by atoms with Gasteiger partial charge in [0.05, 0.1) is 39.6 Å². The number of hydrogen-bond donors (Lipinski definition) is 0. The van der Waals surface area contributed by atoms with Gasteiger partial charge in [0.2, 0.25) is 0 Å². The Bertz CT molecular complexity index is 548. The second-order valence-electron chi connectivity index (χ2n) is 8.04. The van der Waals surface area contributed by atoms with E-state index in [1.54, 1.807) is 0 Å². The zero-order chi connectivity index (χ0) is 16.5. The third kappa shape index (κ3) is 2.11. The van der Waals surface area contributed by atoms with E-state index < -0.39 is 11.9 Å². The van der Waals surface area contributed by atoms with Crippen LogP contribution in [0.5, 0.6) is 0 Å². The lowest BCUT2D eigenvalue weighted by Crippen LogP contribution is -2.57. The Balaban J connectivity index is 1.40. The highest BCUT2D eigenvalue weighted by molar-refractivity contribution is 5.28. The second-order valence-corrected chi connectivity index (χ2v) is 8.04. The van der Waals surface area contributed by atoms with Crippen LogP contribution in [0.25, 0.3) is 0 Å². The highest BCUT2D eigenvalue weighted by Gasteiger charge is 2.53. The van der Waals surface area contributed by atoms with Gasteiger partial charge in [-0.25, -0.2) is 0 Å². The molecular weight excluding hydrogens is 312 g/mol. The standard InChI is InChI=1S/C18H22O6/c1-15-7-19-17(20-8-15,21-9-15)13-3-5-14(6-4-13)18-22-10-16(2,11-23-18)12-24-18/h3-6H,7-12H2,1-2H3. The van der Waals surface area contributed by atoms with Gasteiger partial charge in [0.15, 0.2) is 0 Å². The molecule has 6 nitrogen and oxygen atoms in total. The lowest BCUT2D eigenvalue weighted by Gasteiger charge is -2.51. The molecule has 0 atom stereocenters. The van der Waals surface area contributed by atoms with Gasteiger partial charge in [0.25, 0.3) is 0 Å². The molecule has 0 radical (unpaired) electrons. The van der Waals surface area contributed by atoms with Crippen LogP contribution in [0.1, 0.15) is 25.0 Å². The van der Waals surface area contributed by atoms with Gasteiger partial charge in [0, 0.05) is 22.0 Å². The summed E-state index contributed by atoms with van der Waals surface area (Å²) < 4.78 is 35.2. The predicted octanol–water partition coefficient (Wildman–Crippen LogP) is 2.07. The maximum atomic E-state index is 5.87. The molecule has 130 valence electrons. The summed E-state index contributed by atoms with van der Waals surface area (Å²) in [5.74, 6) is -2.18. The molecule has 0 amide bonds. The third-order valence-corrected chi connectivity index (χ3v) is 5.26. The van der Waals surface area contributed by atoms with Gasteiger partial charge in [-0.1, -0.05) is 38.1 Å². The molecule has 6 heteroatoms. The fraction of sp³-hybridized carbons (Fsp3) is 0.667. The summed E-state index contributed by atoms with van der Waals surface area (Å²) in [6.07, 6.45) is 0.